The Morgan fingerprint density at radius 1 is 1.32 bits per heavy atom. The van der Waals surface area contributed by atoms with Gasteiger partial charge in [-0.2, -0.15) is 0 Å². The van der Waals surface area contributed by atoms with E-state index in [-0.39, 0.29) is 30.3 Å². The van der Waals surface area contributed by atoms with Gasteiger partial charge in [0.05, 0.1) is 0 Å². The highest BCUT2D eigenvalue weighted by Gasteiger charge is 2.29. The minimum absolute atomic E-state index is 0.0667. The first-order chi connectivity index (χ1) is 9.09. The van der Waals surface area contributed by atoms with Crippen molar-refractivity contribution in [1.82, 2.24) is 4.90 Å². The fourth-order valence-corrected chi connectivity index (χ4v) is 2.69. The molecule has 1 fully saturated rings. The molecule has 1 aliphatic rings. The largest absolute Gasteiger partial charge is 0.481 e. The number of hydrogen-bond donors (Lipinski definition) is 0. The lowest BCUT2D eigenvalue weighted by Gasteiger charge is -2.38. The number of halogens is 1. The van der Waals surface area contributed by atoms with Crippen molar-refractivity contribution in [1.29, 1.82) is 0 Å². The van der Waals surface area contributed by atoms with E-state index in [1.165, 1.54) is 12.1 Å². The van der Waals surface area contributed by atoms with Gasteiger partial charge in [-0.3, -0.25) is 4.79 Å². The summed E-state index contributed by atoms with van der Waals surface area (Å²) in [4.78, 5) is 14.0. The second-order valence-electron chi connectivity index (χ2n) is 5.15. The Kier molecular flexibility index (Phi) is 4.40. The summed E-state index contributed by atoms with van der Waals surface area (Å²) in [5.41, 5.74) is 0. The van der Waals surface area contributed by atoms with E-state index in [1.807, 2.05) is 4.90 Å². The maximum absolute atomic E-state index is 13.4. The predicted octanol–water partition coefficient (Wildman–Crippen LogP) is 2.99. The van der Waals surface area contributed by atoms with Crippen LogP contribution >= 0.6 is 0 Å². The second kappa shape index (κ2) is 6.04. The Labute approximate surface area is 113 Å². The van der Waals surface area contributed by atoms with Crippen LogP contribution in [0.1, 0.15) is 33.1 Å². The summed E-state index contributed by atoms with van der Waals surface area (Å²) >= 11 is 0. The second-order valence-corrected chi connectivity index (χ2v) is 5.15. The molecule has 2 rings (SSSR count). The van der Waals surface area contributed by atoms with Crippen LogP contribution in [0.15, 0.2) is 24.3 Å². The molecule has 4 heteroatoms. The molecule has 1 aromatic rings. The predicted molar refractivity (Wildman–Crippen MR) is 71.5 cm³/mol. The molecule has 1 aromatic carbocycles. The maximum atomic E-state index is 13.4. The Hall–Kier alpha value is -1.58. The number of piperidine rings is 1. The van der Waals surface area contributed by atoms with E-state index in [0.29, 0.717) is 0 Å². The highest BCUT2D eigenvalue weighted by atomic mass is 19.1. The SMILES string of the molecule is C[C@@H]1CCC[C@H](C)N1C(=O)COc1ccccc1F. The van der Waals surface area contributed by atoms with Crippen LogP contribution in [-0.2, 0) is 4.79 Å². The molecule has 0 radical (unpaired) electrons. The van der Waals surface area contributed by atoms with Crippen LogP contribution in [0.5, 0.6) is 5.75 Å². The van der Waals surface area contributed by atoms with Gasteiger partial charge in [-0.15, -0.1) is 0 Å². The van der Waals surface area contributed by atoms with Gasteiger partial charge in [-0.25, -0.2) is 4.39 Å². The zero-order valence-corrected chi connectivity index (χ0v) is 11.4. The van der Waals surface area contributed by atoms with Gasteiger partial charge in [0.1, 0.15) is 0 Å². The minimum atomic E-state index is -0.435. The van der Waals surface area contributed by atoms with Gasteiger partial charge in [0.15, 0.2) is 18.2 Å². The van der Waals surface area contributed by atoms with E-state index in [2.05, 4.69) is 13.8 Å². The molecule has 0 saturated carbocycles. The average Bonchev–Trinajstić information content (AvgIpc) is 2.37. The molecule has 19 heavy (non-hydrogen) atoms. The molecule has 1 amide bonds. The third-order valence-corrected chi connectivity index (χ3v) is 3.67. The van der Waals surface area contributed by atoms with Crippen LogP contribution in [0.3, 0.4) is 0 Å². The first-order valence-corrected chi connectivity index (χ1v) is 6.78. The molecule has 0 aliphatic carbocycles. The molecule has 0 N–H and O–H groups in total. The number of carbonyl (C=O) groups excluding carboxylic acids is 1. The summed E-state index contributed by atoms with van der Waals surface area (Å²) in [5.74, 6) is -0.369. The molecular formula is C15H20FNO2. The number of rotatable bonds is 3. The van der Waals surface area contributed by atoms with Gasteiger partial charge >= 0.3 is 0 Å². The molecule has 2 atom stereocenters. The monoisotopic (exact) mass is 265 g/mol. The quantitative estimate of drug-likeness (QED) is 0.841. The smallest absolute Gasteiger partial charge is 0.260 e. The van der Waals surface area contributed by atoms with Crippen LogP contribution in [0.25, 0.3) is 0 Å². The van der Waals surface area contributed by atoms with Crippen LogP contribution < -0.4 is 4.74 Å². The van der Waals surface area contributed by atoms with Crippen molar-refractivity contribution in [3.8, 4) is 5.75 Å². The van der Waals surface area contributed by atoms with Crippen molar-refractivity contribution in [3.05, 3.63) is 30.1 Å². The number of hydrogen-bond acceptors (Lipinski definition) is 2. The number of nitrogens with zero attached hydrogens (tertiary/aromatic N) is 1. The van der Waals surface area contributed by atoms with E-state index in [9.17, 15) is 9.18 Å². The fourth-order valence-electron chi connectivity index (χ4n) is 2.69. The van der Waals surface area contributed by atoms with Gasteiger partial charge in [-0.1, -0.05) is 12.1 Å². The third-order valence-electron chi connectivity index (χ3n) is 3.67. The summed E-state index contributed by atoms with van der Waals surface area (Å²) in [5, 5.41) is 0. The molecule has 0 aromatic heterocycles. The van der Waals surface area contributed by atoms with Crippen LogP contribution in [-0.4, -0.2) is 29.5 Å². The van der Waals surface area contributed by atoms with Gasteiger partial charge in [-0.05, 0) is 45.2 Å². The van der Waals surface area contributed by atoms with Gasteiger partial charge < -0.3 is 9.64 Å². The van der Waals surface area contributed by atoms with Crippen molar-refractivity contribution in [2.24, 2.45) is 0 Å². The summed E-state index contributed by atoms with van der Waals surface area (Å²) in [6.45, 7) is 4.00. The number of ether oxygens (including phenoxy) is 1. The Balaban J connectivity index is 1.95. The molecule has 1 saturated heterocycles. The average molecular weight is 265 g/mol. The lowest BCUT2D eigenvalue weighted by Crippen LogP contribution is -2.49. The minimum Gasteiger partial charge on any atom is -0.481 e. The highest BCUT2D eigenvalue weighted by molar-refractivity contribution is 5.78. The highest BCUT2D eigenvalue weighted by Crippen LogP contribution is 2.23. The number of para-hydroxylation sites is 1. The van der Waals surface area contributed by atoms with Crippen molar-refractivity contribution in [2.75, 3.05) is 6.61 Å². The molecule has 104 valence electrons. The van der Waals surface area contributed by atoms with Crippen molar-refractivity contribution in [2.45, 2.75) is 45.2 Å². The Morgan fingerprint density at radius 3 is 2.58 bits per heavy atom. The van der Waals surface area contributed by atoms with E-state index in [1.54, 1.807) is 12.1 Å². The van der Waals surface area contributed by atoms with Gasteiger partial charge in [0.25, 0.3) is 5.91 Å². The summed E-state index contributed by atoms with van der Waals surface area (Å²) in [6, 6.07) is 6.62. The molecule has 3 nitrogen and oxygen atoms in total. The van der Waals surface area contributed by atoms with E-state index < -0.39 is 5.82 Å². The third kappa shape index (κ3) is 3.25. The molecule has 0 bridgehead atoms. The molecule has 1 heterocycles. The van der Waals surface area contributed by atoms with Crippen molar-refractivity contribution < 1.29 is 13.9 Å². The Morgan fingerprint density at radius 2 is 1.95 bits per heavy atom. The van der Waals surface area contributed by atoms with E-state index in [4.69, 9.17) is 4.74 Å². The topological polar surface area (TPSA) is 29.5 Å². The summed E-state index contributed by atoms with van der Waals surface area (Å²) in [6.07, 6.45) is 3.20. The van der Waals surface area contributed by atoms with Crippen LogP contribution in [0, 0.1) is 5.82 Å². The van der Waals surface area contributed by atoms with Crippen molar-refractivity contribution >= 4 is 5.91 Å². The molecule has 0 unspecified atom stereocenters. The first kappa shape index (κ1) is 13.8. The molecular weight excluding hydrogens is 245 g/mol. The summed E-state index contributed by atoms with van der Waals surface area (Å²) < 4.78 is 18.7. The summed E-state index contributed by atoms with van der Waals surface area (Å²) in [7, 11) is 0. The number of amides is 1. The standard InChI is InChI=1S/C15H20FNO2/c1-11-6-5-7-12(2)17(11)15(18)10-19-14-9-4-3-8-13(14)16/h3-4,8-9,11-12H,5-7,10H2,1-2H3/t11-,12+. The van der Waals surface area contributed by atoms with Crippen molar-refractivity contribution in [3.63, 3.8) is 0 Å². The molecule has 1 aliphatic heterocycles. The van der Waals surface area contributed by atoms with Crippen LogP contribution in [0.2, 0.25) is 0 Å². The van der Waals surface area contributed by atoms with E-state index in [0.717, 1.165) is 19.3 Å². The van der Waals surface area contributed by atoms with E-state index >= 15 is 0 Å². The van der Waals surface area contributed by atoms with Crippen LogP contribution in [0.4, 0.5) is 4.39 Å². The number of benzene rings is 1. The fraction of sp³-hybridized carbons (Fsp3) is 0.533. The number of carbonyl (C=O) groups is 1. The lowest BCUT2D eigenvalue weighted by atomic mass is 9.97. The number of likely N-dealkylation sites (tertiary alicyclic amines) is 1. The lowest BCUT2D eigenvalue weighted by molar-refractivity contribution is -0.139. The zero-order valence-electron chi connectivity index (χ0n) is 11.4. The van der Waals surface area contributed by atoms with Gasteiger partial charge in [0.2, 0.25) is 0 Å². The van der Waals surface area contributed by atoms with Gasteiger partial charge in [0, 0.05) is 12.1 Å². The maximum Gasteiger partial charge on any atom is 0.260 e. The zero-order chi connectivity index (χ0) is 13.8. The first-order valence-electron chi connectivity index (χ1n) is 6.78. The Bertz CT molecular complexity index is 440. The normalized spacial score (nSPS) is 23.2. The molecule has 0 spiro atoms.